The lowest BCUT2D eigenvalue weighted by Crippen LogP contribution is -2.38. The average Bonchev–Trinajstić information content (AvgIpc) is 2.72. The van der Waals surface area contributed by atoms with E-state index in [0.717, 1.165) is 25.9 Å². The molecular weight excluding hydrogens is 176 g/mol. The molecule has 0 aliphatic carbocycles. The fourth-order valence-electron chi connectivity index (χ4n) is 2.53. The molecule has 2 atom stereocenters. The molecule has 2 aliphatic rings. The summed E-state index contributed by atoms with van der Waals surface area (Å²) in [5.74, 6) is 0. The van der Waals surface area contributed by atoms with E-state index in [1.54, 1.807) is 0 Å². The molecule has 0 N–H and O–H groups in total. The van der Waals surface area contributed by atoms with Crippen LogP contribution < -0.4 is 0 Å². The van der Waals surface area contributed by atoms with Gasteiger partial charge in [0.15, 0.2) is 0 Å². The van der Waals surface area contributed by atoms with Crippen molar-refractivity contribution < 1.29 is 0 Å². The maximum absolute atomic E-state index is 8.67. The summed E-state index contributed by atoms with van der Waals surface area (Å²) in [5, 5.41) is 21.9. The quantitative estimate of drug-likeness (QED) is 0.648. The van der Waals surface area contributed by atoms with Gasteiger partial charge in [-0.1, -0.05) is 0 Å². The SMILES string of the molecule is N#CCC1CCN2C(CC#N)CCN12. The fraction of sp³-hybridized carbons (Fsp3) is 0.800. The minimum Gasteiger partial charge on any atom is -0.237 e. The Kier molecular flexibility index (Phi) is 2.67. The van der Waals surface area contributed by atoms with E-state index in [4.69, 9.17) is 10.5 Å². The molecular formula is C10H14N4. The number of nitrogens with zero attached hydrogens (tertiary/aromatic N) is 4. The van der Waals surface area contributed by atoms with Crippen molar-refractivity contribution >= 4 is 0 Å². The Morgan fingerprint density at radius 2 is 1.36 bits per heavy atom. The largest absolute Gasteiger partial charge is 0.237 e. The van der Waals surface area contributed by atoms with Crippen molar-refractivity contribution in [1.29, 1.82) is 10.5 Å². The first-order valence-electron chi connectivity index (χ1n) is 5.14. The molecule has 0 radical (unpaired) electrons. The lowest BCUT2D eigenvalue weighted by atomic mass is 10.1. The molecule has 0 aromatic rings. The van der Waals surface area contributed by atoms with Gasteiger partial charge in [0, 0.05) is 25.2 Å². The third kappa shape index (κ3) is 1.48. The minimum atomic E-state index is 0.406. The molecule has 0 saturated carbocycles. The van der Waals surface area contributed by atoms with Gasteiger partial charge in [0.2, 0.25) is 0 Å². The maximum Gasteiger partial charge on any atom is 0.0638 e. The molecule has 0 amide bonds. The number of hydrogen-bond acceptors (Lipinski definition) is 4. The topological polar surface area (TPSA) is 54.1 Å². The smallest absolute Gasteiger partial charge is 0.0638 e. The molecule has 2 rings (SSSR count). The number of hydrazine groups is 1. The second-order valence-corrected chi connectivity index (χ2v) is 3.94. The van der Waals surface area contributed by atoms with Crippen molar-refractivity contribution in [2.45, 2.75) is 37.8 Å². The van der Waals surface area contributed by atoms with E-state index in [9.17, 15) is 0 Å². The first-order chi connectivity index (χ1) is 6.86. The van der Waals surface area contributed by atoms with Crippen molar-refractivity contribution in [3.05, 3.63) is 0 Å². The Bertz CT molecular complexity index is 257. The molecule has 74 valence electrons. The fourth-order valence-corrected chi connectivity index (χ4v) is 2.53. The zero-order chi connectivity index (χ0) is 9.97. The van der Waals surface area contributed by atoms with E-state index in [2.05, 4.69) is 22.2 Å². The highest BCUT2D eigenvalue weighted by atomic mass is 15.7. The van der Waals surface area contributed by atoms with Crippen LogP contribution in [0.3, 0.4) is 0 Å². The van der Waals surface area contributed by atoms with Gasteiger partial charge in [-0.2, -0.15) is 10.5 Å². The molecule has 0 spiro atoms. The summed E-state index contributed by atoms with van der Waals surface area (Å²) in [6, 6.07) is 5.28. The van der Waals surface area contributed by atoms with Gasteiger partial charge in [0.1, 0.15) is 0 Å². The zero-order valence-corrected chi connectivity index (χ0v) is 8.19. The number of fused-ring (bicyclic) bond motifs is 1. The first-order valence-corrected chi connectivity index (χ1v) is 5.14. The van der Waals surface area contributed by atoms with Gasteiger partial charge in [-0.3, -0.25) is 0 Å². The Balaban J connectivity index is 1.98. The zero-order valence-electron chi connectivity index (χ0n) is 8.19. The van der Waals surface area contributed by atoms with Crippen molar-refractivity contribution in [3.63, 3.8) is 0 Å². The van der Waals surface area contributed by atoms with Gasteiger partial charge < -0.3 is 0 Å². The highest BCUT2D eigenvalue weighted by Crippen LogP contribution is 2.31. The molecule has 2 aliphatic heterocycles. The van der Waals surface area contributed by atoms with Gasteiger partial charge >= 0.3 is 0 Å². The lowest BCUT2D eigenvalue weighted by Gasteiger charge is -2.26. The van der Waals surface area contributed by atoms with Crippen LogP contribution in [-0.2, 0) is 0 Å². The molecule has 4 heteroatoms. The van der Waals surface area contributed by atoms with Crippen molar-refractivity contribution in [3.8, 4) is 12.1 Å². The molecule has 2 saturated heterocycles. The Labute approximate surface area is 84.3 Å². The highest BCUT2D eigenvalue weighted by Gasteiger charge is 2.40. The number of nitriles is 2. The average molecular weight is 190 g/mol. The van der Waals surface area contributed by atoms with Crippen LogP contribution in [0.4, 0.5) is 0 Å². The normalized spacial score (nSPS) is 32.4. The molecule has 0 bridgehead atoms. The van der Waals surface area contributed by atoms with Gasteiger partial charge in [-0.25, -0.2) is 10.0 Å². The van der Waals surface area contributed by atoms with Crippen LogP contribution >= 0.6 is 0 Å². The molecule has 4 nitrogen and oxygen atoms in total. The summed E-state index contributed by atoms with van der Waals surface area (Å²) >= 11 is 0. The van der Waals surface area contributed by atoms with E-state index in [-0.39, 0.29) is 0 Å². The molecule has 0 aromatic carbocycles. The van der Waals surface area contributed by atoms with Crippen LogP contribution in [-0.4, -0.2) is 35.2 Å². The van der Waals surface area contributed by atoms with Crippen molar-refractivity contribution in [1.82, 2.24) is 10.0 Å². The third-order valence-corrected chi connectivity index (χ3v) is 3.21. The summed E-state index contributed by atoms with van der Waals surface area (Å²) in [4.78, 5) is 0. The Hall–Kier alpha value is -1.10. The van der Waals surface area contributed by atoms with E-state index in [1.165, 1.54) is 0 Å². The molecule has 14 heavy (non-hydrogen) atoms. The predicted octanol–water partition coefficient (Wildman–Crippen LogP) is 0.877. The van der Waals surface area contributed by atoms with Gasteiger partial charge in [0.05, 0.1) is 25.0 Å². The second kappa shape index (κ2) is 3.96. The molecule has 2 unspecified atom stereocenters. The lowest BCUT2D eigenvalue weighted by molar-refractivity contribution is 0.0260. The third-order valence-electron chi connectivity index (χ3n) is 3.21. The Morgan fingerprint density at radius 3 is 1.71 bits per heavy atom. The van der Waals surface area contributed by atoms with Crippen LogP contribution in [0, 0.1) is 22.7 Å². The van der Waals surface area contributed by atoms with Crippen molar-refractivity contribution in [2.75, 3.05) is 13.1 Å². The van der Waals surface area contributed by atoms with Gasteiger partial charge in [-0.15, -0.1) is 0 Å². The van der Waals surface area contributed by atoms with E-state index < -0.39 is 0 Å². The van der Waals surface area contributed by atoms with Crippen LogP contribution in [0.5, 0.6) is 0 Å². The predicted molar refractivity (Wildman–Crippen MR) is 50.7 cm³/mol. The van der Waals surface area contributed by atoms with Crippen LogP contribution in [0.25, 0.3) is 0 Å². The van der Waals surface area contributed by atoms with Crippen LogP contribution in [0.2, 0.25) is 0 Å². The summed E-state index contributed by atoms with van der Waals surface area (Å²) in [5.41, 5.74) is 0. The summed E-state index contributed by atoms with van der Waals surface area (Å²) in [6.45, 7) is 2.05. The first kappa shape index (κ1) is 9.45. The highest BCUT2D eigenvalue weighted by molar-refractivity contribution is 4.95. The second-order valence-electron chi connectivity index (χ2n) is 3.94. The molecule has 2 fully saturated rings. The molecule has 2 heterocycles. The van der Waals surface area contributed by atoms with Crippen LogP contribution in [0.15, 0.2) is 0 Å². The maximum atomic E-state index is 8.67. The summed E-state index contributed by atoms with van der Waals surface area (Å²) in [7, 11) is 0. The monoisotopic (exact) mass is 190 g/mol. The van der Waals surface area contributed by atoms with Gasteiger partial charge in [-0.05, 0) is 12.8 Å². The minimum absolute atomic E-state index is 0.406. The van der Waals surface area contributed by atoms with Crippen molar-refractivity contribution in [2.24, 2.45) is 0 Å². The van der Waals surface area contributed by atoms with Crippen LogP contribution in [0.1, 0.15) is 25.7 Å². The van der Waals surface area contributed by atoms with E-state index >= 15 is 0 Å². The summed E-state index contributed by atoms with van der Waals surface area (Å²) < 4.78 is 0. The number of hydrogen-bond donors (Lipinski definition) is 0. The number of rotatable bonds is 2. The van der Waals surface area contributed by atoms with Gasteiger partial charge in [0.25, 0.3) is 0 Å². The van der Waals surface area contributed by atoms with E-state index in [1.807, 2.05) is 0 Å². The van der Waals surface area contributed by atoms with E-state index in [0.29, 0.717) is 24.9 Å². The molecule has 0 aromatic heterocycles. The summed E-state index contributed by atoms with van der Waals surface area (Å²) in [6.07, 6.45) is 3.40. The standard InChI is InChI=1S/C10H14N4/c11-5-1-9-3-7-14-10(2-6-12)4-8-13(9)14/h9-10H,1-4,7-8H2. The Morgan fingerprint density at radius 1 is 0.929 bits per heavy atom.